The number of rotatable bonds is 8. The molecule has 0 radical (unpaired) electrons. The summed E-state index contributed by atoms with van der Waals surface area (Å²) in [6.07, 6.45) is 10.4. The maximum Gasteiger partial charge on any atom is 0.227 e. The lowest BCUT2D eigenvalue weighted by Crippen LogP contribution is -2.15. The molecule has 152 valence electrons. The van der Waals surface area contributed by atoms with Crippen molar-refractivity contribution in [3.63, 3.8) is 0 Å². The molecule has 4 rings (SSSR count). The molecule has 0 unspecified atom stereocenters. The average Bonchev–Trinajstić information content (AvgIpc) is 3.42. The number of aromatic nitrogens is 2. The summed E-state index contributed by atoms with van der Waals surface area (Å²) in [5.74, 6) is 1.29. The molecule has 4 N–H and O–H groups in total. The lowest BCUT2D eigenvalue weighted by Gasteiger charge is -2.24. The summed E-state index contributed by atoms with van der Waals surface area (Å²) in [4.78, 5) is 9.88. The summed E-state index contributed by atoms with van der Waals surface area (Å²) in [7, 11) is 0. The highest BCUT2D eigenvalue weighted by Crippen LogP contribution is 2.36. The van der Waals surface area contributed by atoms with Crippen LogP contribution in [0.2, 0.25) is 0 Å². The van der Waals surface area contributed by atoms with Gasteiger partial charge in [-0.15, -0.1) is 0 Å². The zero-order chi connectivity index (χ0) is 19.8. The van der Waals surface area contributed by atoms with Gasteiger partial charge in [-0.2, -0.15) is 0 Å². The van der Waals surface area contributed by atoms with Crippen LogP contribution in [0.4, 0.5) is 11.6 Å². The lowest BCUT2D eigenvalue weighted by atomic mass is 9.81. The Kier molecular flexibility index (Phi) is 8.34. The number of nitrogens with one attached hydrogen (secondary N) is 3. The Balaban J connectivity index is 0.000000320. The predicted molar refractivity (Wildman–Crippen MR) is 124 cm³/mol. The van der Waals surface area contributed by atoms with Crippen LogP contribution in [-0.4, -0.2) is 33.8 Å². The summed E-state index contributed by atoms with van der Waals surface area (Å²) < 4.78 is 6.26. The van der Waals surface area contributed by atoms with Gasteiger partial charge in [0.1, 0.15) is 0 Å². The fraction of sp³-hybridized carbons (Fsp3) is 0.500. The maximum atomic E-state index is 8.73. The second kappa shape index (κ2) is 10.7. The fourth-order valence-corrected chi connectivity index (χ4v) is 3.72. The van der Waals surface area contributed by atoms with Crippen molar-refractivity contribution in [1.82, 2.24) is 18.2 Å². The Morgan fingerprint density at radius 3 is 2.32 bits per heavy atom. The van der Waals surface area contributed by atoms with E-state index in [4.69, 9.17) is 5.11 Å². The maximum absolute atomic E-state index is 8.73. The number of aliphatic hydroxyl groups is 1. The van der Waals surface area contributed by atoms with E-state index in [2.05, 4.69) is 53.3 Å². The minimum Gasteiger partial charge on any atom is -0.395 e. The van der Waals surface area contributed by atoms with Crippen LogP contribution in [0.1, 0.15) is 50.5 Å². The lowest BCUT2D eigenvalue weighted by molar-refractivity contribution is 0.302. The first-order valence-electron chi connectivity index (χ1n) is 9.69. The molecular formula is C20H28IN5OS. The Morgan fingerprint density at radius 1 is 1.18 bits per heavy atom. The zero-order valence-electron chi connectivity index (χ0n) is 16.1. The smallest absolute Gasteiger partial charge is 0.227 e. The van der Waals surface area contributed by atoms with E-state index in [0.717, 1.165) is 10.6 Å². The number of anilines is 2. The van der Waals surface area contributed by atoms with Gasteiger partial charge in [0.2, 0.25) is 5.95 Å². The molecule has 0 spiro atoms. The van der Waals surface area contributed by atoms with Gasteiger partial charge in [-0.05, 0) is 80.3 Å². The first-order chi connectivity index (χ1) is 13.6. The van der Waals surface area contributed by atoms with Crippen LogP contribution >= 0.6 is 34.8 Å². The second-order valence-electron chi connectivity index (χ2n) is 7.49. The molecule has 1 aromatic carbocycles. The molecule has 2 fully saturated rings. The van der Waals surface area contributed by atoms with E-state index in [1.165, 1.54) is 49.6 Å². The van der Waals surface area contributed by atoms with Gasteiger partial charge in [-0.1, -0.05) is 6.42 Å². The van der Waals surface area contributed by atoms with Crippen LogP contribution < -0.4 is 13.6 Å². The SMILES string of the molecule is CC1(NI)CC1.OCCNSc1ccc(Nc2ncc(C3CCC3)cn2)cc1. The topological polar surface area (TPSA) is 82.1 Å². The first kappa shape index (κ1) is 21.8. The molecule has 0 amide bonds. The Bertz CT molecular complexity index is 720. The molecule has 8 heteroatoms. The van der Waals surface area contributed by atoms with Gasteiger partial charge < -0.3 is 10.4 Å². The number of hydrogen-bond acceptors (Lipinski definition) is 7. The van der Waals surface area contributed by atoms with E-state index in [1.807, 2.05) is 36.7 Å². The fourth-order valence-electron chi connectivity index (χ4n) is 2.55. The summed E-state index contributed by atoms with van der Waals surface area (Å²) in [5, 5.41) is 11.9. The minimum atomic E-state index is 0.140. The van der Waals surface area contributed by atoms with E-state index in [9.17, 15) is 0 Å². The molecule has 0 saturated heterocycles. The van der Waals surface area contributed by atoms with E-state index in [1.54, 1.807) is 0 Å². The largest absolute Gasteiger partial charge is 0.395 e. The highest BCUT2D eigenvalue weighted by Gasteiger charge is 2.35. The van der Waals surface area contributed by atoms with E-state index in [0.29, 0.717) is 23.9 Å². The molecule has 0 bridgehead atoms. The molecule has 28 heavy (non-hydrogen) atoms. The Labute approximate surface area is 185 Å². The van der Waals surface area contributed by atoms with Crippen LogP contribution in [0.5, 0.6) is 0 Å². The number of nitrogens with zero attached hydrogens (tertiary/aromatic N) is 2. The van der Waals surface area contributed by atoms with Crippen molar-refractivity contribution in [1.29, 1.82) is 0 Å². The van der Waals surface area contributed by atoms with Crippen LogP contribution in [0.15, 0.2) is 41.6 Å². The summed E-state index contributed by atoms with van der Waals surface area (Å²) in [6, 6.07) is 8.01. The molecule has 1 heterocycles. The zero-order valence-corrected chi connectivity index (χ0v) is 19.1. The molecule has 6 nitrogen and oxygen atoms in total. The van der Waals surface area contributed by atoms with Crippen LogP contribution in [0, 0.1) is 0 Å². The molecule has 2 aromatic rings. The van der Waals surface area contributed by atoms with E-state index < -0.39 is 0 Å². The molecule has 0 aliphatic heterocycles. The Hall–Kier alpha value is -0.940. The summed E-state index contributed by atoms with van der Waals surface area (Å²) >= 11 is 3.71. The van der Waals surface area contributed by atoms with Gasteiger partial charge in [-0.25, -0.2) is 9.97 Å². The summed E-state index contributed by atoms with van der Waals surface area (Å²) in [5.41, 5.74) is 2.74. The van der Waals surface area contributed by atoms with Crippen molar-refractivity contribution < 1.29 is 5.11 Å². The average molecular weight is 513 g/mol. The van der Waals surface area contributed by atoms with Crippen molar-refractivity contribution in [2.75, 3.05) is 18.5 Å². The molecule has 2 saturated carbocycles. The van der Waals surface area contributed by atoms with Gasteiger partial charge in [0.25, 0.3) is 0 Å². The van der Waals surface area contributed by atoms with Crippen molar-refractivity contribution in [2.45, 2.75) is 55.4 Å². The van der Waals surface area contributed by atoms with Crippen molar-refractivity contribution in [3.05, 3.63) is 42.2 Å². The van der Waals surface area contributed by atoms with Gasteiger partial charge in [0.05, 0.1) is 6.61 Å². The predicted octanol–water partition coefficient (Wildman–Crippen LogP) is 4.56. The number of benzene rings is 1. The number of hydrogen-bond donors (Lipinski definition) is 4. The third kappa shape index (κ3) is 6.84. The standard InChI is InChI=1S/C16H20N4OS.C4H8IN/c21-9-8-19-22-15-6-4-14(5-7-15)20-16-17-10-13(11-18-16)12-2-1-3-12;1-4(6-5)2-3-4/h4-7,10-12,19,21H,1-3,8-9H2,(H,17,18,20);6H,2-3H2,1H3. The van der Waals surface area contributed by atoms with E-state index in [-0.39, 0.29) is 6.61 Å². The second-order valence-corrected chi connectivity index (χ2v) is 9.00. The van der Waals surface area contributed by atoms with Crippen LogP contribution in [0.25, 0.3) is 0 Å². The molecule has 0 atom stereocenters. The third-order valence-electron chi connectivity index (χ3n) is 4.99. The number of aliphatic hydroxyl groups excluding tert-OH is 1. The van der Waals surface area contributed by atoms with Gasteiger partial charge in [0, 0.05) is 57.9 Å². The van der Waals surface area contributed by atoms with Crippen molar-refractivity contribution >= 4 is 46.4 Å². The van der Waals surface area contributed by atoms with Crippen LogP contribution in [0.3, 0.4) is 0 Å². The third-order valence-corrected chi connectivity index (χ3v) is 7.15. The van der Waals surface area contributed by atoms with Crippen LogP contribution in [-0.2, 0) is 0 Å². The van der Waals surface area contributed by atoms with E-state index >= 15 is 0 Å². The van der Waals surface area contributed by atoms with Crippen molar-refractivity contribution in [3.8, 4) is 0 Å². The highest BCUT2D eigenvalue weighted by atomic mass is 127. The molecule has 2 aliphatic rings. The first-order valence-corrected chi connectivity index (χ1v) is 11.6. The van der Waals surface area contributed by atoms with Gasteiger partial charge >= 0.3 is 0 Å². The number of halogens is 1. The highest BCUT2D eigenvalue weighted by molar-refractivity contribution is 14.1. The molecule has 1 aromatic heterocycles. The normalized spacial score (nSPS) is 17.2. The minimum absolute atomic E-state index is 0.140. The summed E-state index contributed by atoms with van der Waals surface area (Å²) in [6.45, 7) is 2.95. The van der Waals surface area contributed by atoms with Gasteiger partial charge in [-0.3, -0.25) is 8.25 Å². The van der Waals surface area contributed by atoms with Gasteiger partial charge in [0.15, 0.2) is 0 Å². The molecule has 2 aliphatic carbocycles. The van der Waals surface area contributed by atoms with Crippen molar-refractivity contribution in [2.24, 2.45) is 0 Å². The monoisotopic (exact) mass is 513 g/mol. The molecular weight excluding hydrogens is 485 g/mol. The quantitative estimate of drug-likeness (QED) is 0.178. The Morgan fingerprint density at radius 2 is 1.86 bits per heavy atom.